The number of halogens is 1. The molecule has 36 heavy (non-hydrogen) atoms. The van der Waals surface area contributed by atoms with Gasteiger partial charge in [-0.1, -0.05) is 0 Å². The van der Waals surface area contributed by atoms with E-state index >= 15 is 0 Å². The van der Waals surface area contributed by atoms with Gasteiger partial charge in [-0.2, -0.15) is 0 Å². The first-order valence-electron chi connectivity index (χ1n) is 11.6. The Balaban J connectivity index is 1.41. The zero-order valence-electron chi connectivity index (χ0n) is 20.1. The van der Waals surface area contributed by atoms with Gasteiger partial charge >= 0.3 is 6.09 Å². The molecule has 0 spiro atoms. The summed E-state index contributed by atoms with van der Waals surface area (Å²) in [5.74, 6) is -0.466. The summed E-state index contributed by atoms with van der Waals surface area (Å²) in [5, 5.41) is 0.588. The maximum Gasteiger partial charge on any atom is 0.410 e. The number of amides is 1. The van der Waals surface area contributed by atoms with Crippen molar-refractivity contribution in [2.45, 2.75) is 31.0 Å². The van der Waals surface area contributed by atoms with Gasteiger partial charge in [0, 0.05) is 37.4 Å². The van der Waals surface area contributed by atoms with Gasteiger partial charge in [0.2, 0.25) is 5.88 Å². The van der Waals surface area contributed by atoms with E-state index in [1.54, 1.807) is 17.2 Å². The van der Waals surface area contributed by atoms with E-state index in [-0.39, 0.29) is 40.7 Å². The van der Waals surface area contributed by atoms with E-state index in [0.29, 0.717) is 43.2 Å². The number of rotatable bonds is 5. The highest BCUT2D eigenvalue weighted by Crippen LogP contribution is 2.34. The van der Waals surface area contributed by atoms with Crippen molar-refractivity contribution in [1.82, 2.24) is 19.4 Å². The summed E-state index contributed by atoms with van der Waals surface area (Å²) >= 11 is 0. The van der Waals surface area contributed by atoms with Crippen molar-refractivity contribution in [2.24, 2.45) is 11.8 Å². The molecule has 3 aromatic rings. The lowest BCUT2D eigenvalue weighted by Crippen LogP contribution is -2.58. The Morgan fingerprint density at radius 2 is 1.89 bits per heavy atom. The molecular weight excluding hydrogens is 491 g/mol. The number of piperidine rings is 1. The summed E-state index contributed by atoms with van der Waals surface area (Å²) < 4.78 is 57.4. The van der Waals surface area contributed by atoms with Gasteiger partial charge < -0.3 is 19.1 Å². The van der Waals surface area contributed by atoms with Crippen molar-refractivity contribution in [3.8, 4) is 11.6 Å². The summed E-state index contributed by atoms with van der Waals surface area (Å²) in [6.07, 6.45) is 3.24. The zero-order chi connectivity index (χ0) is 25.6. The van der Waals surface area contributed by atoms with Gasteiger partial charge in [0.25, 0.3) is 0 Å². The Hall–Kier alpha value is -3.25. The fraction of sp³-hybridized carbons (Fsp3) is 0.458. The molecule has 12 heteroatoms. The molecule has 0 aliphatic carbocycles. The van der Waals surface area contributed by atoms with Crippen LogP contribution in [0.1, 0.15) is 13.8 Å². The minimum absolute atomic E-state index is 0.0645. The summed E-state index contributed by atoms with van der Waals surface area (Å²) in [7, 11) is -3.54. The average molecular weight is 519 g/mol. The van der Waals surface area contributed by atoms with Gasteiger partial charge in [-0.25, -0.2) is 27.6 Å². The highest BCUT2D eigenvalue weighted by atomic mass is 32.2. The van der Waals surface area contributed by atoms with E-state index < -0.39 is 15.7 Å². The monoisotopic (exact) mass is 518 g/mol. The van der Waals surface area contributed by atoms with Gasteiger partial charge in [0.05, 0.1) is 35.3 Å². The Kier molecular flexibility index (Phi) is 6.33. The van der Waals surface area contributed by atoms with Crippen LogP contribution in [0.5, 0.6) is 5.88 Å². The number of benzene rings is 1. The quantitative estimate of drug-likeness (QED) is 0.507. The molecule has 1 amide bonds. The number of hydrogen-bond donors (Lipinski definition) is 0. The smallest absolute Gasteiger partial charge is 0.410 e. The van der Waals surface area contributed by atoms with Crippen LogP contribution < -0.4 is 4.74 Å². The Bertz CT molecular complexity index is 1390. The normalized spacial score (nSPS) is 22.1. The minimum Gasteiger partial charge on any atom is -0.473 e. The number of carbonyl (C=O) groups is 1. The average Bonchev–Trinajstić information content (AvgIpc) is 3.22. The lowest BCUT2D eigenvalue weighted by molar-refractivity contribution is -0.110. The first kappa shape index (κ1) is 24.4. The van der Waals surface area contributed by atoms with Crippen LogP contribution in [0.3, 0.4) is 0 Å². The van der Waals surface area contributed by atoms with Crippen molar-refractivity contribution < 1.29 is 31.8 Å². The van der Waals surface area contributed by atoms with Gasteiger partial charge in [0.15, 0.2) is 15.5 Å². The van der Waals surface area contributed by atoms with Crippen LogP contribution in [0.15, 0.2) is 41.7 Å². The number of fused-ring (bicyclic) bond motifs is 3. The predicted molar refractivity (Wildman–Crippen MR) is 127 cm³/mol. The first-order chi connectivity index (χ1) is 17.1. The molecule has 192 valence electrons. The van der Waals surface area contributed by atoms with E-state index in [1.165, 1.54) is 23.0 Å². The third kappa shape index (κ3) is 4.62. The molecule has 0 saturated carbocycles. The van der Waals surface area contributed by atoms with E-state index in [1.807, 2.05) is 13.8 Å². The molecule has 2 fully saturated rings. The third-order valence-electron chi connectivity index (χ3n) is 6.40. The second kappa shape index (κ2) is 9.32. The highest BCUT2D eigenvalue weighted by Gasteiger charge is 2.44. The van der Waals surface area contributed by atoms with Gasteiger partial charge in [-0.3, -0.25) is 4.57 Å². The molecule has 0 N–H and O–H groups in total. The second-order valence-corrected chi connectivity index (χ2v) is 11.5. The molecule has 2 atom stereocenters. The summed E-state index contributed by atoms with van der Waals surface area (Å²) in [6, 6.07) is 5.49. The number of sulfone groups is 1. The van der Waals surface area contributed by atoms with Gasteiger partial charge in [-0.05, 0) is 38.1 Å². The molecular formula is C24H27FN4O6S. The van der Waals surface area contributed by atoms with Crippen LogP contribution in [0, 0.1) is 17.7 Å². The second-order valence-electron chi connectivity index (χ2n) is 9.46. The zero-order valence-corrected chi connectivity index (χ0v) is 20.9. The molecule has 2 aliphatic heterocycles. The fourth-order valence-corrected chi connectivity index (χ4v) is 5.41. The lowest BCUT2D eigenvalue weighted by Gasteiger charge is -2.45. The Labute approximate surface area is 207 Å². The lowest BCUT2D eigenvalue weighted by atomic mass is 9.84. The molecule has 10 nitrogen and oxygen atoms in total. The Morgan fingerprint density at radius 3 is 2.53 bits per heavy atom. The molecule has 2 aromatic heterocycles. The minimum atomic E-state index is -3.54. The van der Waals surface area contributed by atoms with Crippen LogP contribution in [0.2, 0.25) is 0 Å². The predicted octanol–water partition coefficient (Wildman–Crippen LogP) is 2.83. The topological polar surface area (TPSA) is 113 Å². The summed E-state index contributed by atoms with van der Waals surface area (Å²) in [4.78, 5) is 22.7. The standard InChI is InChI=1S/C24H27FN4O6S/c1-14(2)34-24(30)28-9-15-11-33-12-16(10-28)21(15)35-23-18-6-7-29(22(18)26-13-27-23)20-5-4-17(8-19(20)25)36(3,31)32/h4-8,13-16,21H,9-12H2,1-3H3. The van der Waals surface area contributed by atoms with Crippen molar-refractivity contribution in [1.29, 1.82) is 0 Å². The van der Waals surface area contributed by atoms with Crippen LogP contribution in [-0.4, -0.2) is 78.7 Å². The Morgan fingerprint density at radius 1 is 1.17 bits per heavy atom. The molecule has 1 aromatic carbocycles. The molecule has 2 unspecified atom stereocenters. The molecule has 2 aliphatic rings. The molecule has 5 rings (SSSR count). The SMILES string of the molecule is CC(C)OC(=O)N1CC2COCC(C1)C2Oc1ncnc2c1ccn2-c1ccc(S(C)(=O)=O)cc1F. The van der Waals surface area contributed by atoms with Crippen molar-refractivity contribution in [3.63, 3.8) is 0 Å². The van der Waals surface area contributed by atoms with Crippen LogP contribution >= 0.6 is 0 Å². The number of likely N-dealkylation sites (tertiary alicyclic amines) is 1. The van der Waals surface area contributed by atoms with Crippen LogP contribution in [0.25, 0.3) is 16.7 Å². The summed E-state index contributed by atoms with van der Waals surface area (Å²) in [5.41, 5.74) is 0.578. The van der Waals surface area contributed by atoms with E-state index in [9.17, 15) is 17.6 Å². The molecule has 4 heterocycles. The number of aromatic nitrogens is 3. The van der Waals surface area contributed by atoms with E-state index in [4.69, 9.17) is 14.2 Å². The van der Waals surface area contributed by atoms with E-state index in [0.717, 1.165) is 12.3 Å². The number of hydrogen-bond acceptors (Lipinski definition) is 8. The van der Waals surface area contributed by atoms with E-state index in [2.05, 4.69) is 9.97 Å². The van der Waals surface area contributed by atoms with Crippen molar-refractivity contribution in [2.75, 3.05) is 32.6 Å². The number of nitrogens with zero attached hydrogens (tertiary/aromatic N) is 4. The first-order valence-corrected chi connectivity index (χ1v) is 13.5. The molecule has 2 saturated heterocycles. The van der Waals surface area contributed by atoms with Crippen LogP contribution in [-0.2, 0) is 19.3 Å². The third-order valence-corrected chi connectivity index (χ3v) is 7.51. The van der Waals surface area contributed by atoms with Crippen molar-refractivity contribution in [3.05, 3.63) is 42.6 Å². The highest BCUT2D eigenvalue weighted by molar-refractivity contribution is 7.90. The maximum absolute atomic E-state index is 14.9. The maximum atomic E-state index is 14.9. The van der Waals surface area contributed by atoms with Crippen LogP contribution in [0.4, 0.5) is 9.18 Å². The molecule has 2 bridgehead atoms. The summed E-state index contributed by atoms with van der Waals surface area (Å²) in [6.45, 7) is 5.41. The largest absolute Gasteiger partial charge is 0.473 e. The van der Waals surface area contributed by atoms with Gasteiger partial charge in [0.1, 0.15) is 18.2 Å². The number of carbonyl (C=O) groups excluding carboxylic acids is 1. The number of ether oxygens (including phenoxy) is 3. The van der Waals surface area contributed by atoms with Gasteiger partial charge in [-0.15, -0.1) is 0 Å². The molecule has 0 radical (unpaired) electrons. The van der Waals surface area contributed by atoms with Crippen molar-refractivity contribution >= 4 is 27.0 Å². The fourth-order valence-electron chi connectivity index (χ4n) is 4.78.